The number of pyridine rings is 1. The molecular formula is C12H12N2O2S. The zero-order valence-electron chi connectivity index (χ0n) is 9.29. The molecule has 0 saturated heterocycles. The van der Waals surface area contributed by atoms with E-state index in [0.717, 1.165) is 5.56 Å². The fraction of sp³-hybridized carbons (Fsp3) is 0.0833. The van der Waals surface area contributed by atoms with Crippen molar-refractivity contribution in [2.24, 2.45) is 0 Å². The molecular weight excluding hydrogens is 236 g/mol. The van der Waals surface area contributed by atoms with Crippen LogP contribution in [0.15, 0.2) is 52.4 Å². The van der Waals surface area contributed by atoms with Gasteiger partial charge in [0.25, 0.3) is 0 Å². The average Bonchev–Trinajstić information content (AvgIpc) is 2.29. The molecule has 1 aromatic carbocycles. The molecule has 0 bridgehead atoms. The average molecular weight is 248 g/mol. The summed E-state index contributed by atoms with van der Waals surface area (Å²) in [6.07, 6.45) is 1.27. The van der Waals surface area contributed by atoms with Gasteiger partial charge >= 0.3 is 0 Å². The lowest BCUT2D eigenvalue weighted by Gasteiger charge is -2.05. The minimum Gasteiger partial charge on any atom is -0.384 e. The van der Waals surface area contributed by atoms with Gasteiger partial charge in [0.05, 0.1) is 9.79 Å². The molecule has 5 heteroatoms. The highest BCUT2D eigenvalue weighted by Crippen LogP contribution is 2.21. The van der Waals surface area contributed by atoms with E-state index in [2.05, 4.69) is 4.98 Å². The van der Waals surface area contributed by atoms with Crippen molar-refractivity contribution in [2.75, 3.05) is 5.73 Å². The Hall–Kier alpha value is -1.88. The molecule has 0 atom stereocenters. The second kappa shape index (κ2) is 4.18. The molecule has 2 N–H and O–H groups in total. The third kappa shape index (κ3) is 2.29. The minimum atomic E-state index is -3.50. The zero-order chi connectivity index (χ0) is 12.5. The van der Waals surface area contributed by atoms with E-state index in [1.165, 1.54) is 18.3 Å². The van der Waals surface area contributed by atoms with E-state index in [-0.39, 0.29) is 9.79 Å². The van der Waals surface area contributed by atoms with Crippen molar-refractivity contribution >= 4 is 15.7 Å². The van der Waals surface area contributed by atoms with Crippen LogP contribution in [0.4, 0.5) is 5.82 Å². The van der Waals surface area contributed by atoms with E-state index in [1.807, 2.05) is 13.0 Å². The Morgan fingerprint density at radius 2 is 1.88 bits per heavy atom. The van der Waals surface area contributed by atoms with E-state index in [4.69, 9.17) is 5.73 Å². The van der Waals surface area contributed by atoms with E-state index >= 15 is 0 Å². The molecule has 0 aliphatic rings. The molecule has 0 unspecified atom stereocenters. The normalized spacial score (nSPS) is 11.4. The number of nitrogens with two attached hydrogens (primary N) is 1. The van der Waals surface area contributed by atoms with Gasteiger partial charge in [-0.1, -0.05) is 12.1 Å². The molecule has 2 aromatic rings. The van der Waals surface area contributed by atoms with E-state index in [9.17, 15) is 8.42 Å². The van der Waals surface area contributed by atoms with Crippen LogP contribution in [0.25, 0.3) is 0 Å². The molecule has 17 heavy (non-hydrogen) atoms. The molecule has 4 nitrogen and oxygen atoms in total. The first kappa shape index (κ1) is 11.6. The number of aryl methyl sites for hydroxylation is 1. The summed E-state index contributed by atoms with van der Waals surface area (Å²) in [6.45, 7) is 1.85. The predicted octanol–water partition coefficient (Wildman–Crippen LogP) is 1.81. The van der Waals surface area contributed by atoms with E-state index in [1.54, 1.807) is 18.2 Å². The van der Waals surface area contributed by atoms with Gasteiger partial charge < -0.3 is 5.73 Å². The maximum absolute atomic E-state index is 12.2. The number of hydrogen-bond acceptors (Lipinski definition) is 4. The number of nitrogen functional groups attached to an aromatic ring is 1. The van der Waals surface area contributed by atoms with Gasteiger partial charge in [-0.05, 0) is 36.8 Å². The summed E-state index contributed by atoms with van der Waals surface area (Å²) in [5.41, 5.74) is 6.32. The number of rotatable bonds is 2. The van der Waals surface area contributed by atoms with Crippen LogP contribution >= 0.6 is 0 Å². The molecule has 0 aliphatic carbocycles. The summed E-state index contributed by atoms with van der Waals surface area (Å²) >= 11 is 0. The number of nitrogens with zero attached hydrogens (tertiary/aromatic N) is 1. The first-order chi connectivity index (χ1) is 8.00. The van der Waals surface area contributed by atoms with Crippen molar-refractivity contribution < 1.29 is 8.42 Å². The quantitative estimate of drug-likeness (QED) is 0.879. The lowest BCUT2D eigenvalue weighted by atomic mass is 10.2. The largest absolute Gasteiger partial charge is 0.384 e. The second-order valence-corrected chi connectivity index (χ2v) is 5.69. The van der Waals surface area contributed by atoms with Crippen LogP contribution in [0.2, 0.25) is 0 Å². The third-order valence-corrected chi connectivity index (χ3v) is 4.11. The Labute approximate surface area is 100 Å². The van der Waals surface area contributed by atoms with Crippen LogP contribution in [0.3, 0.4) is 0 Å². The highest BCUT2D eigenvalue weighted by molar-refractivity contribution is 7.91. The highest BCUT2D eigenvalue weighted by Gasteiger charge is 2.17. The van der Waals surface area contributed by atoms with Crippen LogP contribution in [0.5, 0.6) is 0 Å². The van der Waals surface area contributed by atoms with Gasteiger partial charge in [-0.15, -0.1) is 0 Å². The molecule has 0 saturated carbocycles. The van der Waals surface area contributed by atoms with Crippen molar-refractivity contribution in [3.63, 3.8) is 0 Å². The van der Waals surface area contributed by atoms with Gasteiger partial charge in [-0.3, -0.25) is 0 Å². The highest BCUT2D eigenvalue weighted by atomic mass is 32.2. The van der Waals surface area contributed by atoms with Crippen molar-refractivity contribution in [3.8, 4) is 0 Å². The Kier molecular flexibility index (Phi) is 2.85. The summed E-state index contributed by atoms with van der Waals surface area (Å²) in [7, 11) is -3.50. The smallest absolute Gasteiger partial charge is 0.208 e. The fourth-order valence-corrected chi connectivity index (χ4v) is 2.78. The topological polar surface area (TPSA) is 73.0 Å². The molecule has 0 aliphatic heterocycles. The standard InChI is InChI=1S/C12H12N2O2S/c1-9-3-2-4-10(7-9)17(15,16)11-5-6-12(13)14-8-11/h2-8H,1H3,(H2,13,14). The lowest BCUT2D eigenvalue weighted by molar-refractivity contribution is 0.595. The van der Waals surface area contributed by atoms with Crippen molar-refractivity contribution in [1.29, 1.82) is 0 Å². The third-order valence-electron chi connectivity index (χ3n) is 2.37. The maximum atomic E-state index is 12.2. The molecule has 1 aromatic heterocycles. The molecule has 0 fully saturated rings. The van der Waals surface area contributed by atoms with Gasteiger partial charge in [-0.25, -0.2) is 13.4 Å². The fourth-order valence-electron chi connectivity index (χ4n) is 1.47. The van der Waals surface area contributed by atoms with Gasteiger partial charge in [0.15, 0.2) is 0 Å². The minimum absolute atomic E-state index is 0.150. The Bertz CT molecular complexity index is 634. The zero-order valence-corrected chi connectivity index (χ0v) is 10.1. The van der Waals surface area contributed by atoms with Gasteiger partial charge in [0.2, 0.25) is 9.84 Å². The number of anilines is 1. The van der Waals surface area contributed by atoms with E-state index in [0.29, 0.717) is 5.82 Å². The van der Waals surface area contributed by atoms with E-state index < -0.39 is 9.84 Å². The first-order valence-electron chi connectivity index (χ1n) is 5.03. The molecule has 0 spiro atoms. The van der Waals surface area contributed by atoms with Crippen molar-refractivity contribution in [2.45, 2.75) is 16.7 Å². The molecule has 1 heterocycles. The summed E-state index contributed by atoms with van der Waals surface area (Å²) in [6, 6.07) is 9.69. The van der Waals surface area contributed by atoms with Crippen LogP contribution in [-0.4, -0.2) is 13.4 Å². The summed E-state index contributed by atoms with van der Waals surface area (Å²) < 4.78 is 24.4. The van der Waals surface area contributed by atoms with Crippen LogP contribution in [-0.2, 0) is 9.84 Å². The van der Waals surface area contributed by atoms with Crippen LogP contribution < -0.4 is 5.73 Å². The maximum Gasteiger partial charge on any atom is 0.208 e. The molecule has 2 rings (SSSR count). The molecule has 0 radical (unpaired) electrons. The van der Waals surface area contributed by atoms with Gasteiger partial charge in [0, 0.05) is 6.20 Å². The SMILES string of the molecule is Cc1cccc(S(=O)(=O)c2ccc(N)nc2)c1. The summed E-state index contributed by atoms with van der Waals surface area (Å²) in [4.78, 5) is 4.21. The van der Waals surface area contributed by atoms with Crippen molar-refractivity contribution in [1.82, 2.24) is 4.98 Å². The summed E-state index contributed by atoms with van der Waals surface area (Å²) in [5, 5.41) is 0. The monoisotopic (exact) mass is 248 g/mol. The Morgan fingerprint density at radius 3 is 2.47 bits per heavy atom. The molecule has 88 valence electrons. The van der Waals surface area contributed by atoms with Gasteiger partial charge in [-0.2, -0.15) is 0 Å². The van der Waals surface area contributed by atoms with Crippen molar-refractivity contribution in [3.05, 3.63) is 48.2 Å². The predicted molar refractivity (Wildman–Crippen MR) is 65.3 cm³/mol. The molecule has 0 amide bonds. The number of benzene rings is 1. The lowest BCUT2D eigenvalue weighted by Crippen LogP contribution is -2.03. The second-order valence-electron chi connectivity index (χ2n) is 3.74. The van der Waals surface area contributed by atoms with Crippen LogP contribution in [0, 0.1) is 6.92 Å². The number of hydrogen-bond donors (Lipinski definition) is 1. The summed E-state index contributed by atoms with van der Waals surface area (Å²) in [5.74, 6) is 0.299. The Balaban J connectivity index is 2.54. The van der Waals surface area contributed by atoms with Gasteiger partial charge in [0.1, 0.15) is 5.82 Å². The number of sulfone groups is 1. The first-order valence-corrected chi connectivity index (χ1v) is 6.52. The Morgan fingerprint density at radius 1 is 1.12 bits per heavy atom. The van der Waals surface area contributed by atoms with Crippen LogP contribution in [0.1, 0.15) is 5.56 Å². The number of aromatic nitrogens is 1.